The maximum Gasteiger partial charge on any atom is 0.306 e. The first-order valence-electron chi connectivity index (χ1n) is 9.80. The van der Waals surface area contributed by atoms with Crippen molar-refractivity contribution in [2.24, 2.45) is 5.92 Å². The Kier molecular flexibility index (Phi) is 14.8. The number of unbranched alkanes of at least 4 members (excludes halogenated alkanes) is 4. The Morgan fingerprint density at radius 3 is 2.12 bits per heavy atom. The van der Waals surface area contributed by atoms with Crippen molar-refractivity contribution in [3.8, 4) is 0 Å². The average Bonchev–Trinajstić information content (AvgIpc) is 2.50. The molecule has 0 N–H and O–H groups in total. The third-order valence-electron chi connectivity index (χ3n) is 4.00. The molecule has 0 aliphatic rings. The minimum absolute atomic E-state index is 0.0358. The van der Waals surface area contributed by atoms with Crippen molar-refractivity contribution < 1.29 is 19.1 Å². The number of hydrogen-bond acceptors (Lipinski definition) is 4. The number of carbonyl (C=O) groups excluding carboxylic acids is 2. The second-order valence-electron chi connectivity index (χ2n) is 7.11. The number of ether oxygens (including phenoxy) is 2. The Morgan fingerprint density at radius 1 is 0.792 bits per heavy atom. The van der Waals surface area contributed by atoms with Crippen molar-refractivity contribution >= 4 is 11.9 Å². The first kappa shape index (κ1) is 22.9. The first-order chi connectivity index (χ1) is 11.5. The topological polar surface area (TPSA) is 52.6 Å². The van der Waals surface area contributed by atoms with Gasteiger partial charge in [0.25, 0.3) is 0 Å². The summed E-state index contributed by atoms with van der Waals surface area (Å²) < 4.78 is 10.5. The van der Waals surface area contributed by atoms with Crippen molar-refractivity contribution in [3.05, 3.63) is 0 Å². The van der Waals surface area contributed by atoms with Gasteiger partial charge in [0.1, 0.15) is 0 Å². The van der Waals surface area contributed by atoms with Crippen molar-refractivity contribution in [3.63, 3.8) is 0 Å². The van der Waals surface area contributed by atoms with Gasteiger partial charge >= 0.3 is 11.9 Å². The van der Waals surface area contributed by atoms with Gasteiger partial charge in [0.2, 0.25) is 0 Å². The molecule has 0 saturated carbocycles. The highest BCUT2D eigenvalue weighted by Gasteiger charge is 2.11. The van der Waals surface area contributed by atoms with E-state index in [1.165, 1.54) is 19.3 Å². The fraction of sp³-hybridized carbons (Fsp3) is 0.900. The molecule has 0 heterocycles. The highest BCUT2D eigenvalue weighted by molar-refractivity contribution is 5.72. The zero-order valence-corrected chi connectivity index (χ0v) is 16.3. The smallest absolute Gasteiger partial charge is 0.306 e. The molecule has 0 spiro atoms. The summed E-state index contributed by atoms with van der Waals surface area (Å²) in [4.78, 5) is 23.3. The van der Waals surface area contributed by atoms with Crippen LogP contribution in [0.15, 0.2) is 0 Å². The van der Waals surface area contributed by atoms with Gasteiger partial charge in [0.15, 0.2) is 0 Å². The van der Waals surface area contributed by atoms with Gasteiger partial charge in [-0.15, -0.1) is 0 Å². The molecule has 0 aliphatic heterocycles. The largest absolute Gasteiger partial charge is 0.466 e. The monoisotopic (exact) mass is 342 g/mol. The van der Waals surface area contributed by atoms with E-state index in [1.54, 1.807) is 0 Å². The third kappa shape index (κ3) is 15.8. The summed E-state index contributed by atoms with van der Waals surface area (Å²) in [7, 11) is 0. The first-order valence-corrected chi connectivity index (χ1v) is 9.80. The van der Waals surface area contributed by atoms with Gasteiger partial charge in [0, 0.05) is 12.8 Å². The average molecular weight is 343 g/mol. The quantitative estimate of drug-likeness (QED) is 0.294. The SMILES string of the molecule is CCCCCCCOC(=O)CCCC(=O)OC(C)CCCC(C)C. The van der Waals surface area contributed by atoms with E-state index in [1.807, 2.05) is 6.92 Å². The highest BCUT2D eigenvalue weighted by Crippen LogP contribution is 2.11. The summed E-state index contributed by atoms with van der Waals surface area (Å²) in [5.41, 5.74) is 0. The molecule has 142 valence electrons. The molecule has 1 unspecified atom stereocenters. The third-order valence-corrected chi connectivity index (χ3v) is 4.00. The van der Waals surface area contributed by atoms with Crippen LogP contribution < -0.4 is 0 Å². The Balaban J connectivity index is 3.53. The van der Waals surface area contributed by atoms with Gasteiger partial charge in [-0.25, -0.2) is 0 Å². The molecule has 1 atom stereocenters. The van der Waals surface area contributed by atoms with E-state index in [4.69, 9.17) is 9.47 Å². The van der Waals surface area contributed by atoms with Gasteiger partial charge < -0.3 is 9.47 Å². The van der Waals surface area contributed by atoms with Crippen LogP contribution >= 0.6 is 0 Å². The lowest BCUT2D eigenvalue weighted by Gasteiger charge is -2.13. The normalized spacial score (nSPS) is 12.2. The second-order valence-corrected chi connectivity index (χ2v) is 7.11. The summed E-state index contributed by atoms with van der Waals surface area (Å²) in [5.74, 6) is 0.272. The van der Waals surface area contributed by atoms with Crippen LogP contribution in [0.5, 0.6) is 0 Å². The van der Waals surface area contributed by atoms with Crippen LogP contribution in [0, 0.1) is 5.92 Å². The van der Waals surface area contributed by atoms with Crippen molar-refractivity contribution in [1.82, 2.24) is 0 Å². The molecule has 0 bridgehead atoms. The lowest BCUT2D eigenvalue weighted by atomic mass is 10.0. The number of esters is 2. The summed E-state index contributed by atoms with van der Waals surface area (Å²) in [6.07, 6.45) is 9.91. The van der Waals surface area contributed by atoms with E-state index < -0.39 is 0 Å². The van der Waals surface area contributed by atoms with Crippen LogP contribution in [0.25, 0.3) is 0 Å². The highest BCUT2D eigenvalue weighted by atomic mass is 16.5. The molecular weight excluding hydrogens is 304 g/mol. The molecule has 4 nitrogen and oxygen atoms in total. The molecule has 0 radical (unpaired) electrons. The minimum atomic E-state index is -0.209. The number of carbonyl (C=O) groups is 2. The van der Waals surface area contributed by atoms with E-state index in [0.717, 1.165) is 32.1 Å². The van der Waals surface area contributed by atoms with Crippen LogP contribution in [0.3, 0.4) is 0 Å². The Bertz CT molecular complexity index is 326. The van der Waals surface area contributed by atoms with Crippen LogP contribution in [-0.4, -0.2) is 24.6 Å². The lowest BCUT2D eigenvalue weighted by Crippen LogP contribution is -2.15. The summed E-state index contributed by atoms with van der Waals surface area (Å²) >= 11 is 0. The Hall–Kier alpha value is -1.06. The molecule has 0 aromatic heterocycles. The summed E-state index contributed by atoms with van der Waals surface area (Å²) in [5, 5.41) is 0. The molecule has 0 aromatic rings. The van der Waals surface area contributed by atoms with Gasteiger partial charge in [-0.2, -0.15) is 0 Å². The van der Waals surface area contributed by atoms with Crippen LogP contribution in [0.4, 0.5) is 0 Å². The van der Waals surface area contributed by atoms with E-state index >= 15 is 0 Å². The van der Waals surface area contributed by atoms with E-state index in [0.29, 0.717) is 31.8 Å². The molecule has 0 aliphatic carbocycles. The molecular formula is C20H38O4. The predicted molar refractivity (Wildman–Crippen MR) is 97.8 cm³/mol. The molecule has 0 rings (SSSR count). The van der Waals surface area contributed by atoms with Gasteiger partial charge in [-0.3, -0.25) is 9.59 Å². The second kappa shape index (κ2) is 15.5. The fourth-order valence-corrected chi connectivity index (χ4v) is 2.50. The number of hydrogen-bond donors (Lipinski definition) is 0. The summed E-state index contributed by atoms with van der Waals surface area (Å²) in [6, 6.07) is 0. The van der Waals surface area contributed by atoms with Gasteiger partial charge in [0.05, 0.1) is 12.7 Å². The van der Waals surface area contributed by atoms with Crippen LogP contribution in [0.1, 0.15) is 98.3 Å². The maximum atomic E-state index is 11.7. The maximum absolute atomic E-state index is 11.7. The molecule has 4 heteroatoms. The Morgan fingerprint density at radius 2 is 1.46 bits per heavy atom. The van der Waals surface area contributed by atoms with Gasteiger partial charge in [-0.1, -0.05) is 52.9 Å². The molecule has 0 fully saturated rings. The summed E-state index contributed by atoms with van der Waals surface area (Å²) in [6.45, 7) is 9.00. The van der Waals surface area contributed by atoms with E-state index in [9.17, 15) is 9.59 Å². The molecule has 0 amide bonds. The fourth-order valence-electron chi connectivity index (χ4n) is 2.50. The zero-order valence-electron chi connectivity index (χ0n) is 16.3. The minimum Gasteiger partial charge on any atom is -0.466 e. The van der Waals surface area contributed by atoms with Crippen LogP contribution in [-0.2, 0) is 19.1 Å². The predicted octanol–water partition coefficient (Wildman–Crippen LogP) is 5.43. The van der Waals surface area contributed by atoms with E-state index in [-0.39, 0.29) is 18.0 Å². The van der Waals surface area contributed by atoms with Crippen molar-refractivity contribution in [2.75, 3.05) is 6.61 Å². The van der Waals surface area contributed by atoms with Crippen molar-refractivity contribution in [1.29, 1.82) is 0 Å². The molecule has 24 heavy (non-hydrogen) atoms. The molecule has 0 saturated heterocycles. The van der Waals surface area contributed by atoms with Gasteiger partial charge in [-0.05, 0) is 38.5 Å². The molecule has 0 aromatic carbocycles. The zero-order chi connectivity index (χ0) is 18.2. The van der Waals surface area contributed by atoms with Crippen molar-refractivity contribution in [2.45, 2.75) is 104 Å². The van der Waals surface area contributed by atoms with Crippen LogP contribution in [0.2, 0.25) is 0 Å². The standard InChI is InChI=1S/C20H38O4/c1-5-6-7-8-9-16-23-19(21)14-11-15-20(22)24-18(4)13-10-12-17(2)3/h17-18H,5-16H2,1-4H3. The Labute approximate surface area is 148 Å². The van der Waals surface area contributed by atoms with E-state index in [2.05, 4.69) is 20.8 Å². The lowest BCUT2D eigenvalue weighted by molar-refractivity contribution is -0.149. The number of rotatable bonds is 15.